The predicted molar refractivity (Wildman–Crippen MR) is 260 cm³/mol. The number of aliphatic hydroxyl groups is 1. The van der Waals surface area contributed by atoms with Crippen LogP contribution in [0.3, 0.4) is 0 Å². The first-order chi connectivity index (χ1) is 35.0. The summed E-state index contributed by atoms with van der Waals surface area (Å²) in [5.74, 6) is -2.64. The van der Waals surface area contributed by atoms with Crippen LogP contribution < -0.4 is 4.74 Å². The quantitative estimate of drug-likeness (QED) is 0.121. The van der Waals surface area contributed by atoms with Crippen LogP contribution in [0.25, 0.3) is 11.1 Å². The number of carbonyl (C=O) groups excluding carboxylic acids is 4. The van der Waals surface area contributed by atoms with Gasteiger partial charge < -0.3 is 63.0 Å². The van der Waals surface area contributed by atoms with E-state index in [0.29, 0.717) is 26.1 Å². The molecule has 4 aliphatic heterocycles. The summed E-state index contributed by atoms with van der Waals surface area (Å²) in [7, 11) is 2.93. The molecule has 0 unspecified atom stereocenters. The monoisotopic (exact) mass is 1000 g/mol. The minimum absolute atomic E-state index is 0.0386. The van der Waals surface area contributed by atoms with Crippen molar-refractivity contribution in [3.05, 3.63) is 112 Å². The lowest BCUT2D eigenvalue weighted by molar-refractivity contribution is -0.256. The fourth-order valence-electron chi connectivity index (χ4n) is 11.3. The van der Waals surface area contributed by atoms with Crippen LogP contribution >= 0.6 is 0 Å². The molecule has 0 saturated carbocycles. The van der Waals surface area contributed by atoms with Gasteiger partial charge in [-0.2, -0.15) is 0 Å². The Morgan fingerprint density at radius 1 is 0.849 bits per heavy atom. The van der Waals surface area contributed by atoms with Crippen molar-refractivity contribution in [2.75, 3.05) is 60.2 Å². The average Bonchev–Trinajstić information content (AvgIpc) is 3.58. The number of morpholine rings is 1. The van der Waals surface area contributed by atoms with Crippen LogP contribution in [0.1, 0.15) is 89.9 Å². The molecule has 6 aliphatic rings. The van der Waals surface area contributed by atoms with Gasteiger partial charge in [-0.25, -0.2) is 9.59 Å². The van der Waals surface area contributed by atoms with E-state index < -0.39 is 96.9 Å². The highest BCUT2D eigenvalue weighted by Crippen LogP contribution is 2.53. The van der Waals surface area contributed by atoms with E-state index in [1.165, 1.54) is 30.1 Å². The van der Waals surface area contributed by atoms with Crippen molar-refractivity contribution in [1.29, 1.82) is 5.41 Å². The number of ether oxygens (including phenoxy) is 8. The highest BCUT2D eigenvalue weighted by Gasteiger charge is 2.55. The van der Waals surface area contributed by atoms with Crippen molar-refractivity contribution < 1.29 is 72.4 Å². The summed E-state index contributed by atoms with van der Waals surface area (Å²) in [5.41, 5.74) is -1.41. The molecule has 2 amide bonds. The number of hydrogen-bond donors (Lipinski definition) is 4. The molecule has 2 aliphatic carbocycles. The largest absolute Gasteiger partial charge is 0.507 e. The average molecular weight is 1010 g/mol. The SMILES string of the molecule is COc1cccc2c1C(=N)c1c(O)c3c(c(O)c1C2=O)C[C@@](O)(C(=O)COC(=O)N1CCCN(C(=O)OC(C)(C)c2ccc(-c4ccccc4)cc2)CC1)C[C@@H]3O[C@H]1C[C@H]2[C@H](O[C@@H]3[C@@H](OC)OCCN32)[C@H](C)O1. The molecule has 386 valence electrons. The van der Waals surface area contributed by atoms with Gasteiger partial charge in [-0.05, 0) is 49.9 Å². The number of benzene rings is 4. The second-order valence-electron chi connectivity index (χ2n) is 19.9. The fourth-order valence-corrected chi connectivity index (χ4v) is 11.3. The van der Waals surface area contributed by atoms with Crippen LogP contribution in [0, 0.1) is 5.41 Å². The van der Waals surface area contributed by atoms with Gasteiger partial charge in [-0.1, -0.05) is 66.7 Å². The van der Waals surface area contributed by atoms with Gasteiger partial charge in [0.15, 0.2) is 31.2 Å². The molecule has 4 heterocycles. The minimum atomic E-state index is -2.38. The maximum atomic E-state index is 14.4. The van der Waals surface area contributed by atoms with E-state index in [1.54, 1.807) is 12.1 Å². The first-order valence-corrected chi connectivity index (χ1v) is 24.6. The Labute approximate surface area is 421 Å². The van der Waals surface area contributed by atoms with Crippen molar-refractivity contribution in [2.24, 2.45) is 0 Å². The van der Waals surface area contributed by atoms with Crippen molar-refractivity contribution in [3.8, 4) is 28.4 Å². The standard InChI is InChI=1S/C54H60N4O15/c1-29-48-35(58-23-24-68-50(67-5)49(58)72-48)25-39(70-29)71-37-27-54(65,26-34-41(37)47(62)42-43(46(34)61)45(60)33-13-9-14-36(66-4)40(33)44(42)55)38(59)28-69-51(63)56-19-10-20-57(22-21-56)52(64)73-53(2,3)32-17-15-31(16-18-32)30-11-7-6-8-12-30/h6-9,11-18,29,35,37,39,48-50,55,61-62,65H,10,19-28H2,1-5H3/t29-,35-,37-,39-,48+,49+,50-,54-/m0/s1. The van der Waals surface area contributed by atoms with Crippen LogP contribution in [0.5, 0.6) is 17.2 Å². The first-order valence-electron chi connectivity index (χ1n) is 24.6. The molecule has 0 aromatic heterocycles. The molecule has 4 aromatic rings. The number of aromatic hydroxyl groups is 2. The highest BCUT2D eigenvalue weighted by molar-refractivity contribution is 6.32. The number of methoxy groups -OCH3 is 2. The number of hydrogen-bond acceptors (Lipinski definition) is 17. The molecule has 4 saturated heterocycles. The van der Waals surface area contributed by atoms with Gasteiger partial charge in [0.05, 0.1) is 48.3 Å². The van der Waals surface area contributed by atoms with Crippen LogP contribution in [0.4, 0.5) is 9.59 Å². The van der Waals surface area contributed by atoms with Gasteiger partial charge in [0, 0.05) is 81.8 Å². The number of fused-ring (bicyclic) bond motifs is 6. The number of ketones is 2. The number of rotatable bonds is 10. The summed E-state index contributed by atoms with van der Waals surface area (Å²) in [4.78, 5) is 60.8. The lowest BCUT2D eigenvalue weighted by Gasteiger charge is -2.43. The molecule has 10 rings (SSSR count). The zero-order chi connectivity index (χ0) is 51.5. The second kappa shape index (κ2) is 19.8. The van der Waals surface area contributed by atoms with E-state index in [9.17, 15) is 39.9 Å². The van der Waals surface area contributed by atoms with Gasteiger partial charge in [0.2, 0.25) is 5.78 Å². The Hall–Kier alpha value is -6.45. The zero-order valence-corrected chi connectivity index (χ0v) is 41.3. The summed E-state index contributed by atoms with van der Waals surface area (Å²) in [5, 5.41) is 46.1. The molecule has 8 atom stereocenters. The Bertz CT molecular complexity index is 2820. The van der Waals surface area contributed by atoms with Gasteiger partial charge >= 0.3 is 12.2 Å². The molecule has 0 radical (unpaired) electrons. The van der Waals surface area contributed by atoms with Crippen molar-refractivity contribution in [3.63, 3.8) is 0 Å². The Balaban J connectivity index is 0.854. The van der Waals surface area contributed by atoms with E-state index in [4.69, 9.17) is 37.9 Å². The van der Waals surface area contributed by atoms with Crippen molar-refractivity contribution in [2.45, 2.75) is 101 Å². The van der Waals surface area contributed by atoms with Crippen LogP contribution in [0.2, 0.25) is 0 Å². The number of nitrogens with zero attached hydrogens (tertiary/aromatic N) is 3. The first kappa shape index (κ1) is 50.1. The van der Waals surface area contributed by atoms with Gasteiger partial charge in [-0.15, -0.1) is 0 Å². The summed E-state index contributed by atoms with van der Waals surface area (Å²) >= 11 is 0. The summed E-state index contributed by atoms with van der Waals surface area (Å²) in [6, 6.07) is 22.2. The Kier molecular flexibility index (Phi) is 13.6. The van der Waals surface area contributed by atoms with Gasteiger partial charge in [0.25, 0.3) is 0 Å². The third-order valence-corrected chi connectivity index (χ3v) is 15.1. The number of amides is 2. The van der Waals surface area contributed by atoms with Crippen LogP contribution in [-0.2, 0) is 50.0 Å². The van der Waals surface area contributed by atoms with Gasteiger partial charge in [-0.3, -0.25) is 19.9 Å². The van der Waals surface area contributed by atoms with Gasteiger partial charge in [0.1, 0.15) is 34.6 Å². The molecular weight excluding hydrogens is 945 g/mol. The third-order valence-electron chi connectivity index (χ3n) is 15.1. The molecule has 73 heavy (non-hydrogen) atoms. The highest BCUT2D eigenvalue weighted by atomic mass is 16.7. The molecular formula is C54H60N4O15. The summed E-state index contributed by atoms with van der Waals surface area (Å²) in [6.07, 6.45) is -6.30. The second-order valence-corrected chi connectivity index (χ2v) is 19.9. The van der Waals surface area contributed by atoms with Crippen molar-refractivity contribution >= 4 is 29.5 Å². The number of phenolic OH excluding ortho intramolecular Hbond substituents is 2. The maximum Gasteiger partial charge on any atom is 0.410 e. The Morgan fingerprint density at radius 2 is 1.56 bits per heavy atom. The fraction of sp³-hybridized carbons (Fsp3) is 0.463. The third kappa shape index (κ3) is 9.10. The van der Waals surface area contributed by atoms with E-state index >= 15 is 0 Å². The molecule has 4 fully saturated rings. The van der Waals surface area contributed by atoms with E-state index in [-0.39, 0.29) is 83.0 Å². The van der Waals surface area contributed by atoms with Crippen molar-refractivity contribution in [1.82, 2.24) is 14.7 Å². The molecule has 19 nitrogen and oxygen atoms in total. The topological polar surface area (TPSA) is 236 Å². The predicted octanol–water partition coefficient (Wildman–Crippen LogP) is 5.79. The molecule has 19 heteroatoms. The normalized spacial score (nSPS) is 26.9. The number of nitrogens with one attached hydrogen (secondary N) is 1. The number of phenols is 2. The van der Waals surface area contributed by atoms with E-state index in [1.807, 2.05) is 75.4 Å². The lowest BCUT2D eigenvalue weighted by Crippen LogP contribution is -2.55. The summed E-state index contributed by atoms with van der Waals surface area (Å²) < 4.78 is 47.8. The number of Topliss-reactive ketones (excluding diaryl/α,β-unsaturated/α-hetero) is 1. The van der Waals surface area contributed by atoms with Crippen LogP contribution in [-0.4, -0.2) is 162 Å². The molecule has 0 spiro atoms. The minimum Gasteiger partial charge on any atom is -0.507 e. The summed E-state index contributed by atoms with van der Waals surface area (Å²) in [6.45, 7) is 6.20. The zero-order valence-electron chi connectivity index (χ0n) is 41.3. The number of carbonyl (C=O) groups is 4. The molecule has 4 N–H and O–H groups in total. The van der Waals surface area contributed by atoms with Crippen LogP contribution in [0.15, 0.2) is 72.8 Å². The smallest absolute Gasteiger partial charge is 0.410 e. The van der Waals surface area contributed by atoms with E-state index in [0.717, 1.165) is 16.7 Å². The van der Waals surface area contributed by atoms with E-state index in [2.05, 4.69) is 4.90 Å². The maximum absolute atomic E-state index is 14.4. The molecule has 0 bridgehead atoms. The Morgan fingerprint density at radius 3 is 2.27 bits per heavy atom. The molecule has 4 aromatic carbocycles. The lowest BCUT2D eigenvalue weighted by atomic mass is 9.71.